The molecular formula is C19H21Cl2N7. The van der Waals surface area contributed by atoms with Gasteiger partial charge in [0, 0.05) is 36.8 Å². The van der Waals surface area contributed by atoms with Crippen LogP contribution in [-0.2, 0) is 0 Å². The molecule has 7 nitrogen and oxygen atoms in total. The molecule has 3 aromatic rings. The third kappa shape index (κ3) is 4.67. The van der Waals surface area contributed by atoms with Crippen LogP contribution in [0, 0.1) is 0 Å². The van der Waals surface area contributed by atoms with Gasteiger partial charge in [-0.3, -0.25) is 4.90 Å². The highest BCUT2D eigenvalue weighted by molar-refractivity contribution is 6.39. The Labute approximate surface area is 174 Å². The molecule has 1 aromatic carbocycles. The third-order valence-electron chi connectivity index (χ3n) is 3.75. The molecule has 0 aliphatic heterocycles. The quantitative estimate of drug-likeness (QED) is 0.369. The Kier molecular flexibility index (Phi) is 6.28. The topological polar surface area (TPSA) is 69.5 Å². The van der Waals surface area contributed by atoms with Gasteiger partial charge in [0.1, 0.15) is 5.82 Å². The second kappa shape index (κ2) is 8.68. The molecule has 0 bridgehead atoms. The molecule has 2 heterocycles. The molecule has 0 unspecified atom stereocenters. The fraction of sp³-hybridized carbons (Fsp3) is 0.263. The lowest BCUT2D eigenvalue weighted by Crippen LogP contribution is -2.21. The lowest BCUT2D eigenvalue weighted by molar-refractivity contribution is 0.439. The molecule has 0 saturated carbocycles. The largest absolute Gasteiger partial charge is 0.369 e. The summed E-state index contributed by atoms with van der Waals surface area (Å²) in [5.41, 5.74) is 2.04. The van der Waals surface area contributed by atoms with Crippen molar-refractivity contribution < 1.29 is 0 Å². The van der Waals surface area contributed by atoms with Crippen molar-refractivity contribution >= 4 is 52.3 Å². The standard InChI is InChI=1S/C19H21Cl2N7/c1-27(2)10-23-18-13(16-14(20)6-5-7-15(16)21)8-12-9-22-19(24-11-28(3)4)26-17(12)25-18/h5-9,11H,10H2,1-4H3,(H,22,23,25,26). The van der Waals surface area contributed by atoms with E-state index in [1.54, 1.807) is 24.7 Å². The van der Waals surface area contributed by atoms with Gasteiger partial charge in [0.15, 0.2) is 5.65 Å². The highest BCUT2D eigenvalue weighted by Gasteiger charge is 2.16. The van der Waals surface area contributed by atoms with Crippen molar-refractivity contribution in [3.63, 3.8) is 0 Å². The molecule has 0 radical (unpaired) electrons. The summed E-state index contributed by atoms with van der Waals surface area (Å²) >= 11 is 12.9. The maximum absolute atomic E-state index is 6.44. The first-order valence-corrected chi connectivity index (χ1v) is 9.32. The Morgan fingerprint density at radius 3 is 2.46 bits per heavy atom. The van der Waals surface area contributed by atoms with E-state index >= 15 is 0 Å². The number of aromatic nitrogens is 3. The van der Waals surface area contributed by atoms with Crippen LogP contribution in [0.1, 0.15) is 0 Å². The van der Waals surface area contributed by atoms with Crippen LogP contribution >= 0.6 is 23.2 Å². The van der Waals surface area contributed by atoms with E-state index in [9.17, 15) is 0 Å². The van der Waals surface area contributed by atoms with Gasteiger partial charge in [-0.1, -0.05) is 29.3 Å². The molecule has 28 heavy (non-hydrogen) atoms. The van der Waals surface area contributed by atoms with E-state index in [4.69, 9.17) is 28.2 Å². The predicted octanol–water partition coefficient (Wildman–Crippen LogP) is 4.15. The predicted molar refractivity (Wildman–Crippen MR) is 117 cm³/mol. The lowest BCUT2D eigenvalue weighted by Gasteiger charge is -2.17. The number of pyridine rings is 1. The molecule has 0 amide bonds. The van der Waals surface area contributed by atoms with Crippen LogP contribution in [0.2, 0.25) is 10.0 Å². The van der Waals surface area contributed by atoms with Gasteiger partial charge in [-0.2, -0.15) is 4.98 Å². The number of nitrogens with one attached hydrogen (secondary N) is 1. The van der Waals surface area contributed by atoms with Crippen LogP contribution in [-0.4, -0.2) is 65.9 Å². The van der Waals surface area contributed by atoms with Crippen LogP contribution in [0.5, 0.6) is 0 Å². The van der Waals surface area contributed by atoms with Crippen LogP contribution < -0.4 is 5.32 Å². The van der Waals surface area contributed by atoms with E-state index in [-0.39, 0.29) is 0 Å². The second-order valence-electron chi connectivity index (χ2n) is 6.69. The second-order valence-corrected chi connectivity index (χ2v) is 7.50. The molecule has 0 spiro atoms. The van der Waals surface area contributed by atoms with Crippen LogP contribution in [0.25, 0.3) is 22.2 Å². The third-order valence-corrected chi connectivity index (χ3v) is 4.38. The molecule has 1 N–H and O–H groups in total. The molecule has 0 fully saturated rings. The SMILES string of the molecule is CN(C)C=Nc1ncc2cc(-c3c(Cl)cccc3Cl)c(NCN(C)C)nc2n1. The minimum absolute atomic E-state index is 0.343. The number of anilines is 1. The Hall–Kier alpha value is -2.48. The van der Waals surface area contributed by atoms with E-state index in [1.165, 1.54) is 0 Å². The molecular weight excluding hydrogens is 397 g/mol. The summed E-state index contributed by atoms with van der Waals surface area (Å²) in [7, 11) is 7.69. The molecule has 0 aliphatic rings. The van der Waals surface area contributed by atoms with Crippen LogP contribution in [0.3, 0.4) is 0 Å². The van der Waals surface area contributed by atoms with Gasteiger partial charge in [-0.15, -0.1) is 0 Å². The molecule has 3 rings (SSSR count). The van der Waals surface area contributed by atoms with E-state index in [0.717, 1.165) is 16.5 Å². The summed E-state index contributed by atoms with van der Waals surface area (Å²) < 4.78 is 0. The normalized spacial score (nSPS) is 11.5. The minimum Gasteiger partial charge on any atom is -0.369 e. The van der Waals surface area contributed by atoms with Gasteiger partial charge in [0.25, 0.3) is 5.95 Å². The average Bonchev–Trinajstić information content (AvgIpc) is 2.64. The smallest absolute Gasteiger partial charge is 0.252 e. The number of benzene rings is 1. The first-order chi connectivity index (χ1) is 13.3. The van der Waals surface area contributed by atoms with Crippen molar-refractivity contribution in [3.05, 3.63) is 40.5 Å². The van der Waals surface area contributed by atoms with Gasteiger partial charge < -0.3 is 10.2 Å². The number of hydrogen-bond donors (Lipinski definition) is 1. The van der Waals surface area contributed by atoms with E-state index in [1.807, 2.05) is 50.1 Å². The van der Waals surface area contributed by atoms with E-state index in [0.29, 0.717) is 34.1 Å². The van der Waals surface area contributed by atoms with Gasteiger partial charge >= 0.3 is 0 Å². The van der Waals surface area contributed by atoms with Crippen LogP contribution in [0.4, 0.5) is 11.8 Å². The van der Waals surface area contributed by atoms with Crippen molar-refractivity contribution in [1.82, 2.24) is 24.8 Å². The molecule has 0 atom stereocenters. The summed E-state index contributed by atoms with van der Waals surface area (Å²) in [6, 6.07) is 7.36. The van der Waals surface area contributed by atoms with Crippen LogP contribution in [0.15, 0.2) is 35.5 Å². The van der Waals surface area contributed by atoms with Gasteiger partial charge in [0.05, 0.1) is 23.1 Å². The van der Waals surface area contributed by atoms with Crippen molar-refractivity contribution in [2.75, 3.05) is 40.2 Å². The Morgan fingerprint density at radius 1 is 1.11 bits per heavy atom. The highest BCUT2D eigenvalue weighted by atomic mass is 35.5. The fourth-order valence-electron chi connectivity index (χ4n) is 2.50. The Morgan fingerprint density at radius 2 is 1.82 bits per heavy atom. The van der Waals surface area contributed by atoms with E-state index in [2.05, 4.69) is 20.3 Å². The molecule has 0 saturated heterocycles. The summed E-state index contributed by atoms with van der Waals surface area (Å²) in [5, 5.41) is 5.19. The molecule has 0 aliphatic carbocycles. The average molecular weight is 418 g/mol. The van der Waals surface area contributed by atoms with E-state index < -0.39 is 0 Å². The summed E-state index contributed by atoms with van der Waals surface area (Å²) in [6.07, 6.45) is 3.34. The van der Waals surface area contributed by atoms with Crippen molar-refractivity contribution in [3.8, 4) is 11.1 Å². The molecule has 9 heteroatoms. The maximum atomic E-state index is 6.44. The number of rotatable bonds is 6. The zero-order chi connectivity index (χ0) is 20.3. The number of halogens is 2. The maximum Gasteiger partial charge on any atom is 0.252 e. The summed E-state index contributed by atoms with van der Waals surface area (Å²) in [5.74, 6) is 0.980. The van der Waals surface area contributed by atoms with Gasteiger partial charge in [-0.05, 0) is 32.3 Å². The first kappa shape index (κ1) is 20.3. The van der Waals surface area contributed by atoms with Crippen molar-refractivity contribution in [2.24, 2.45) is 4.99 Å². The zero-order valence-electron chi connectivity index (χ0n) is 16.1. The zero-order valence-corrected chi connectivity index (χ0v) is 17.6. The first-order valence-electron chi connectivity index (χ1n) is 8.56. The van der Waals surface area contributed by atoms with Crippen molar-refractivity contribution in [1.29, 1.82) is 0 Å². The number of nitrogens with zero attached hydrogens (tertiary/aromatic N) is 6. The number of fused-ring (bicyclic) bond motifs is 1. The van der Waals surface area contributed by atoms with Crippen molar-refractivity contribution in [2.45, 2.75) is 0 Å². The Balaban J connectivity index is 2.16. The van der Waals surface area contributed by atoms with Gasteiger partial charge in [0.2, 0.25) is 0 Å². The monoisotopic (exact) mass is 417 g/mol. The Bertz CT molecular complexity index is 998. The van der Waals surface area contributed by atoms with Gasteiger partial charge in [-0.25, -0.2) is 15.0 Å². The fourth-order valence-corrected chi connectivity index (χ4v) is 3.10. The summed E-state index contributed by atoms with van der Waals surface area (Å²) in [6.45, 7) is 0.588. The minimum atomic E-state index is 0.343. The summed E-state index contributed by atoms with van der Waals surface area (Å²) in [4.78, 5) is 21.5. The number of aliphatic imine (C=N–C) groups is 1. The number of hydrogen-bond acceptors (Lipinski definition) is 6. The highest BCUT2D eigenvalue weighted by Crippen LogP contribution is 2.39. The lowest BCUT2D eigenvalue weighted by atomic mass is 10.0. The molecule has 2 aromatic heterocycles. The molecule has 146 valence electrons.